The fourth-order valence-electron chi connectivity index (χ4n) is 3.45. The number of hydrogen-bond donors (Lipinski definition) is 1. The molecule has 2 saturated carbocycles. The van der Waals surface area contributed by atoms with E-state index in [1.54, 1.807) is 0 Å². The molecule has 0 saturated heterocycles. The Labute approximate surface area is 99.2 Å². The molecule has 0 aromatic rings. The fraction of sp³-hybridized carbons (Fsp3) is 0.929. The molecule has 92 valence electrons. The van der Waals surface area contributed by atoms with Gasteiger partial charge in [0.15, 0.2) is 0 Å². The Hall–Kier alpha value is -0.530. The molecular weight excluding hydrogens is 198 g/mol. The Bertz CT molecular complexity index is 284. The Kier molecular flexibility index (Phi) is 3.02. The smallest absolute Gasteiger partial charge is 0.223 e. The molecule has 2 aliphatic rings. The number of rotatable bonds is 2. The largest absolute Gasteiger partial charge is 0.353 e. The van der Waals surface area contributed by atoms with Crippen LogP contribution in [0.4, 0.5) is 0 Å². The zero-order valence-electron chi connectivity index (χ0n) is 11.0. The molecule has 0 spiro atoms. The molecule has 0 radical (unpaired) electrons. The van der Waals surface area contributed by atoms with Crippen LogP contribution in [0.1, 0.15) is 53.4 Å². The highest BCUT2D eigenvalue weighted by molar-refractivity contribution is 5.81. The summed E-state index contributed by atoms with van der Waals surface area (Å²) in [5.41, 5.74) is 0.394. The van der Waals surface area contributed by atoms with Crippen molar-refractivity contribution in [1.82, 2.24) is 5.32 Å². The summed E-state index contributed by atoms with van der Waals surface area (Å²) in [5.74, 6) is 1.99. The van der Waals surface area contributed by atoms with Gasteiger partial charge in [0.2, 0.25) is 5.91 Å². The lowest BCUT2D eigenvalue weighted by Crippen LogP contribution is -2.43. The molecule has 2 rings (SSSR count). The molecule has 0 bridgehead atoms. The van der Waals surface area contributed by atoms with Crippen molar-refractivity contribution in [1.29, 1.82) is 0 Å². The molecule has 0 heterocycles. The first kappa shape index (κ1) is 11.9. The Morgan fingerprint density at radius 3 is 2.31 bits per heavy atom. The molecule has 0 unspecified atom stereocenters. The predicted octanol–water partition coefficient (Wildman–Crippen LogP) is 2.97. The second-order valence-electron chi connectivity index (χ2n) is 6.94. The minimum atomic E-state index is 0.308. The maximum absolute atomic E-state index is 11.9. The average Bonchev–Trinajstić information content (AvgIpc) is 2.78. The first-order valence-corrected chi connectivity index (χ1v) is 6.68. The van der Waals surface area contributed by atoms with Gasteiger partial charge in [0.05, 0.1) is 0 Å². The van der Waals surface area contributed by atoms with Crippen LogP contribution in [0.2, 0.25) is 0 Å². The van der Waals surface area contributed by atoms with E-state index in [1.165, 1.54) is 6.42 Å². The lowest BCUT2D eigenvalue weighted by molar-refractivity contribution is -0.123. The second kappa shape index (κ2) is 4.05. The molecule has 2 fully saturated rings. The van der Waals surface area contributed by atoms with Gasteiger partial charge in [0.1, 0.15) is 0 Å². The summed E-state index contributed by atoms with van der Waals surface area (Å²) < 4.78 is 0. The maximum Gasteiger partial charge on any atom is 0.223 e. The average molecular weight is 223 g/mol. The van der Waals surface area contributed by atoms with Crippen molar-refractivity contribution in [2.75, 3.05) is 0 Å². The van der Waals surface area contributed by atoms with Crippen LogP contribution in [-0.2, 0) is 4.79 Å². The highest BCUT2D eigenvalue weighted by Crippen LogP contribution is 2.40. The minimum absolute atomic E-state index is 0.308. The molecule has 0 aliphatic heterocycles. The Morgan fingerprint density at radius 1 is 1.19 bits per heavy atom. The quantitative estimate of drug-likeness (QED) is 0.766. The third-order valence-corrected chi connectivity index (χ3v) is 4.18. The summed E-state index contributed by atoms with van der Waals surface area (Å²) in [6, 6.07) is 0.416. The van der Waals surface area contributed by atoms with Crippen LogP contribution in [0.25, 0.3) is 0 Å². The summed E-state index contributed by atoms with van der Waals surface area (Å²) in [5, 5.41) is 3.26. The van der Waals surface area contributed by atoms with Gasteiger partial charge in [-0.05, 0) is 42.9 Å². The SMILES string of the molecule is C[C@@H]1C[C@@H](NC(=O)[C@H]2C[C@@H]2C)CC(C)(C)C1. The third kappa shape index (κ3) is 2.78. The lowest BCUT2D eigenvalue weighted by atomic mass is 9.70. The van der Waals surface area contributed by atoms with Gasteiger partial charge < -0.3 is 5.32 Å². The molecular formula is C14H25NO. The van der Waals surface area contributed by atoms with Crippen LogP contribution < -0.4 is 5.32 Å². The van der Waals surface area contributed by atoms with Gasteiger partial charge in [-0.3, -0.25) is 4.79 Å². The zero-order valence-corrected chi connectivity index (χ0v) is 11.0. The number of carbonyl (C=O) groups is 1. The fourth-order valence-corrected chi connectivity index (χ4v) is 3.45. The van der Waals surface area contributed by atoms with E-state index in [4.69, 9.17) is 0 Å². The highest BCUT2D eigenvalue weighted by atomic mass is 16.2. The number of hydrogen-bond acceptors (Lipinski definition) is 1. The Balaban J connectivity index is 1.87. The number of carbonyl (C=O) groups excluding carboxylic acids is 1. The van der Waals surface area contributed by atoms with Gasteiger partial charge in [-0.1, -0.05) is 27.7 Å². The molecule has 1 N–H and O–H groups in total. The van der Waals surface area contributed by atoms with E-state index >= 15 is 0 Å². The second-order valence-corrected chi connectivity index (χ2v) is 6.94. The minimum Gasteiger partial charge on any atom is -0.353 e. The Morgan fingerprint density at radius 2 is 1.81 bits per heavy atom. The van der Waals surface area contributed by atoms with Crippen molar-refractivity contribution >= 4 is 5.91 Å². The van der Waals surface area contributed by atoms with Crippen molar-refractivity contribution in [2.24, 2.45) is 23.2 Å². The summed E-state index contributed by atoms with van der Waals surface area (Å²) in [7, 11) is 0. The van der Waals surface area contributed by atoms with E-state index in [1.807, 2.05) is 0 Å². The molecule has 1 amide bonds. The van der Waals surface area contributed by atoms with Crippen molar-refractivity contribution in [3.63, 3.8) is 0 Å². The van der Waals surface area contributed by atoms with Crippen molar-refractivity contribution < 1.29 is 4.79 Å². The van der Waals surface area contributed by atoms with Gasteiger partial charge in [0.25, 0.3) is 0 Å². The summed E-state index contributed by atoms with van der Waals surface area (Å²) in [6.45, 7) is 9.11. The highest BCUT2D eigenvalue weighted by Gasteiger charge is 2.41. The van der Waals surface area contributed by atoms with Crippen LogP contribution in [0.3, 0.4) is 0 Å². The van der Waals surface area contributed by atoms with Gasteiger partial charge in [-0.15, -0.1) is 0 Å². The van der Waals surface area contributed by atoms with Crippen LogP contribution in [0.5, 0.6) is 0 Å². The standard InChI is InChI=1S/C14H25NO/c1-9-5-11(8-14(3,4)7-9)15-13(16)12-6-10(12)2/h9-12H,5-8H2,1-4H3,(H,15,16)/t9-,10+,11-,12+/m1/s1. The van der Waals surface area contributed by atoms with Gasteiger partial charge in [-0.2, -0.15) is 0 Å². The number of amides is 1. The summed E-state index contributed by atoms with van der Waals surface area (Å²) >= 11 is 0. The van der Waals surface area contributed by atoms with Gasteiger partial charge in [-0.25, -0.2) is 0 Å². The number of nitrogens with one attached hydrogen (secondary N) is 1. The van der Waals surface area contributed by atoms with Crippen molar-refractivity contribution in [2.45, 2.75) is 59.4 Å². The predicted molar refractivity (Wildman–Crippen MR) is 66.0 cm³/mol. The normalized spacial score (nSPS) is 41.5. The molecule has 2 heteroatoms. The van der Waals surface area contributed by atoms with Crippen molar-refractivity contribution in [3.05, 3.63) is 0 Å². The van der Waals surface area contributed by atoms with Gasteiger partial charge >= 0.3 is 0 Å². The molecule has 0 aromatic carbocycles. The van der Waals surface area contributed by atoms with Crippen LogP contribution >= 0.6 is 0 Å². The first-order valence-electron chi connectivity index (χ1n) is 6.68. The van der Waals surface area contributed by atoms with Crippen molar-refractivity contribution in [3.8, 4) is 0 Å². The van der Waals surface area contributed by atoms with Crippen LogP contribution in [0, 0.1) is 23.2 Å². The van der Waals surface area contributed by atoms with E-state index < -0.39 is 0 Å². The van der Waals surface area contributed by atoms with E-state index in [0.717, 1.165) is 25.2 Å². The summed E-state index contributed by atoms with van der Waals surface area (Å²) in [6.07, 6.45) is 4.69. The van der Waals surface area contributed by atoms with E-state index in [9.17, 15) is 4.79 Å². The topological polar surface area (TPSA) is 29.1 Å². The maximum atomic E-state index is 11.9. The van der Waals surface area contributed by atoms with E-state index in [0.29, 0.717) is 29.2 Å². The summed E-state index contributed by atoms with van der Waals surface area (Å²) in [4.78, 5) is 11.9. The molecule has 2 aliphatic carbocycles. The monoisotopic (exact) mass is 223 g/mol. The van der Waals surface area contributed by atoms with Crippen LogP contribution in [-0.4, -0.2) is 11.9 Å². The first-order chi connectivity index (χ1) is 7.37. The van der Waals surface area contributed by atoms with Crippen LogP contribution in [0.15, 0.2) is 0 Å². The zero-order chi connectivity index (χ0) is 11.9. The third-order valence-electron chi connectivity index (χ3n) is 4.18. The van der Waals surface area contributed by atoms with Gasteiger partial charge in [0, 0.05) is 12.0 Å². The van der Waals surface area contributed by atoms with E-state index in [2.05, 4.69) is 33.0 Å². The van der Waals surface area contributed by atoms with E-state index in [-0.39, 0.29) is 0 Å². The molecule has 16 heavy (non-hydrogen) atoms. The molecule has 4 atom stereocenters. The molecule has 2 nitrogen and oxygen atoms in total. The molecule has 0 aromatic heterocycles. The lowest BCUT2D eigenvalue weighted by Gasteiger charge is -2.39.